The molecular formula is C19H19ClN4O4. The number of ether oxygens (including phenoxy) is 2. The number of benzene rings is 2. The van der Waals surface area contributed by atoms with E-state index < -0.39 is 0 Å². The largest absolute Gasteiger partial charge is 0.493 e. The zero-order chi connectivity index (χ0) is 20.1. The molecule has 146 valence electrons. The number of aromatic nitrogens is 2. The zero-order valence-corrected chi connectivity index (χ0v) is 16.4. The predicted octanol–water partition coefficient (Wildman–Crippen LogP) is 4.07. The third-order valence-electron chi connectivity index (χ3n) is 3.92. The van der Waals surface area contributed by atoms with Crippen molar-refractivity contribution in [1.29, 1.82) is 0 Å². The molecular weight excluding hydrogens is 384 g/mol. The molecule has 28 heavy (non-hydrogen) atoms. The van der Waals surface area contributed by atoms with Crippen LogP contribution in [-0.2, 0) is 6.54 Å². The number of nitrogens with zero attached hydrogens (tertiary/aromatic N) is 3. The summed E-state index contributed by atoms with van der Waals surface area (Å²) in [5, 5.41) is 7.33. The molecule has 8 nitrogen and oxygen atoms in total. The maximum atomic E-state index is 12.3. The predicted molar refractivity (Wildman–Crippen MR) is 105 cm³/mol. The molecule has 2 amide bonds. The van der Waals surface area contributed by atoms with Crippen LogP contribution in [0.2, 0.25) is 5.02 Å². The van der Waals surface area contributed by atoms with E-state index in [1.54, 1.807) is 63.7 Å². The highest BCUT2D eigenvalue weighted by Gasteiger charge is 2.16. The Morgan fingerprint density at radius 1 is 1.14 bits per heavy atom. The lowest BCUT2D eigenvalue weighted by Gasteiger charge is -2.15. The number of rotatable bonds is 6. The van der Waals surface area contributed by atoms with Crippen molar-refractivity contribution in [2.75, 3.05) is 26.6 Å². The minimum Gasteiger partial charge on any atom is -0.493 e. The molecule has 2 aromatic carbocycles. The first-order valence-corrected chi connectivity index (χ1v) is 8.70. The Balaban J connectivity index is 1.66. The normalized spacial score (nSPS) is 10.4. The fraction of sp³-hybridized carbons (Fsp3) is 0.211. The zero-order valence-electron chi connectivity index (χ0n) is 15.6. The first-order valence-electron chi connectivity index (χ1n) is 8.33. The van der Waals surface area contributed by atoms with Gasteiger partial charge < -0.3 is 24.2 Å². The quantitative estimate of drug-likeness (QED) is 0.668. The molecule has 3 aromatic rings. The van der Waals surface area contributed by atoms with E-state index in [-0.39, 0.29) is 12.6 Å². The van der Waals surface area contributed by atoms with E-state index in [4.69, 9.17) is 25.6 Å². The first-order chi connectivity index (χ1) is 13.5. The van der Waals surface area contributed by atoms with E-state index in [9.17, 15) is 4.79 Å². The molecule has 0 fully saturated rings. The first kappa shape index (κ1) is 19.5. The fourth-order valence-electron chi connectivity index (χ4n) is 2.44. The Labute approximate surface area is 167 Å². The molecule has 0 aliphatic heterocycles. The number of carbonyl (C=O) groups is 1. The standard InChI is InChI=1S/C19H19ClN4O4/c1-24(19(25)21-14-7-5-13(20)6-8-14)11-17-22-18(23-28-17)12-4-9-15(26-2)16(10-12)27-3/h4-10H,11H2,1-3H3,(H,21,25). The number of nitrogens with one attached hydrogen (secondary N) is 1. The number of hydrogen-bond acceptors (Lipinski definition) is 6. The monoisotopic (exact) mass is 402 g/mol. The van der Waals surface area contributed by atoms with Gasteiger partial charge in [0.2, 0.25) is 11.7 Å². The van der Waals surface area contributed by atoms with Crippen LogP contribution in [0.15, 0.2) is 47.0 Å². The number of urea groups is 1. The number of anilines is 1. The van der Waals surface area contributed by atoms with Gasteiger partial charge >= 0.3 is 6.03 Å². The second-order valence-electron chi connectivity index (χ2n) is 5.87. The van der Waals surface area contributed by atoms with Crippen molar-refractivity contribution in [1.82, 2.24) is 15.0 Å². The Hall–Kier alpha value is -3.26. The van der Waals surface area contributed by atoms with Crippen LogP contribution in [-0.4, -0.2) is 42.3 Å². The smallest absolute Gasteiger partial charge is 0.322 e. The van der Waals surface area contributed by atoms with Crippen LogP contribution >= 0.6 is 11.6 Å². The van der Waals surface area contributed by atoms with Crippen molar-refractivity contribution in [2.24, 2.45) is 0 Å². The fourth-order valence-corrected chi connectivity index (χ4v) is 2.56. The Morgan fingerprint density at radius 3 is 2.54 bits per heavy atom. The number of methoxy groups -OCH3 is 2. The molecule has 1 aromatic heterocycles. The number of amides is 2. The van der Waals surface area contributed by atoms with E-state index in [1.165, 1.54) is 4.90 Å². The Morgan fingerprint density at radius 2 is 1.86 bits per heavy atom. The van der Waals surface area contributed by atoms with E-state index in [0.29, 0.717) is 39.5 Å². The summed E-state index contributed by atoms with van der Waals surface area (Å²) in [4.78, 5) is 18.1. The van der Waals surface area contributed by atoms with Crippen molar-refractivity contribution < 1.29 is 18.8 Å². The van der Waals surface area contributed by atoms with Crippen LogP contribution in [0.3, 0.4) is 0 Å². The summed E-state index contributed by atoms with van der Waals surface area (Å²) in [6.07, 6.45) is 0. The summed E-state index contributed by atoms with van der Waals surface area (Å²) in [6, 6.07) is 11.8. The molecule has 3 rings (SSSR count). The third kappa shape index (κ3) is 4.52. The van der Waals surface area contributed by atoms with Gasteiger partial charge in [0.1, 0.15) is 6.54 Å². The van der Waals surface area contributed by atoms with E-state index >= 15 is 0 Å². The molecule has 9 heteroatoms. The number of carbonyl (C=O) groups excluding carboxylic acids is 1. The molecule has 1 heterocycles. The summed E-state index contributed by atoms with van der Waals surface area (Å²) in [5.74, 6) is 1.86. The van der Waals surface area contributed by atoms with E-state index in [0.717, 1.165) is 0 Å². The third-order valence-corrected chi connectivity index (χ3v) is 4.18. The number of hydrogen-bond donors (Lipinski definition) is 1. The van der Waals surface area contributed by atoms with Crippen molar-refractivity contribution in [3.63, 3.8) is 0 Å². The maximum Gasteiger partial charge on any atom is 0.322 e. The Kier molecular flexibility index (Phi) is 6.00. The van der Waals surface area contributed by atoms with Gasteiger partial charge in [-0.1, -0.05) is 16.8 Å². The lowest BCUT2D eigenvalue weighted by atomic mass is 10.2. The highest BCUT2D eigenvalue weighted by Crippen LogP contribution is 2.31. The van der Waals surface area contributed by atoms with E-state index in [2.05, 4.69) is 15.5 Å². The van der Waals surface area contributed by atoms with Crippen LogP contribution in [0.1, 0.15) is 5.89 Å². The van der Waals surface area contributed by atoms with Gasteiger partial charge in [0.25, 0.3) is 0 Å². The van der Waals surface area contributed by atoms with Gasteiger partial charge in [-0.25, -0.2) is 4.79 Å². The van der Waals surface area contributed by atoms with Gasteiger partial charge in [0.15, 0.2) is 11.5 Å². The average molecular weight is 403 g/mol. The lowest BCUT2D eigenvalue weighted by Crippen LogP contribution is -2.30. The second-order valence-corrected chi connectivity index (χ2v) is 6.31. The van der Waals surface area contributed by atoms with Gasteiger partial charge in [-0.15, -0.1) is 0 Å². The van der Waals surface area contributed by atoms with Crippen LogP contribution in [0.5, 0.6) is 11.5 Å². The van der Waals surface area contributed by atoms with Gasteiger partial charge in [-0.2, -0.15) is 4.98 Å². The molecule has 0 spiro atoms. The summed E-state index contributed by atoms with van der Waals surface area (Å²) in [5.41, 5.74) is 1.35. The molecule has 0 saturated carbocycles. The summed E-state index contributed by atoms with van der Waals surface area (Å²) in [6.45, 7) is 0.152. The minimum atomic E-state index is -0.312. The van der Waals surface area contributed by atoms with Crippen molar-refractivity contribution >= 4 is 23.3 Å². The lowest BCUT2D eigenvalue weighted by molar-refractivity contribution is 0.213. The van der Waals surface area contributed by atoms with Crippen molar-refractivity contribution in [3.05, 3.63) is 53.4 Å². The van der Waals surface area contributed by atoms with Gasteiger partial charge in [0.05, 0.1) is 14.2 Å². The van der Waals surface area contributed by atoms with Crippen LogP contribution in [0.25, 0.3) is 11.4 Å². The molecule has 0 aliphatic rings. The molecule has 0 radical (unpaired) electrons. The van der Waals surface area contributed by atoms with Crippen LogP contribution < -0.4 is 14.8 Å². The number of halogens is 1. The molecule has 0 bridgehead atoms. The average Bonchev–Trinajstić information content (AvgIpc) is 3.17. The van der Waals surface area contributed by atoms with Crippen LogP contribution in [0.4, 0.5) is 10.5 Å². The van der Waals surface area contributed by atoms with Gasteiger partial charge in [-0.3, -0.25) is 0 Å². The topological polar surface area (TPSA) is 89.7 Å². The van der Waals surface area contributed by atoms with Crippen molar-refractivity contribution in [3.8, 4) is 22.9 Å². The highest BCUT2D eigenvalue weighted by atomic mass is 35.5. The van der Waals surface area contributed by atoms with Crippen molar-refractivity contribution in [2.45, 2.75) is 6.54 Å². The Bertz CT molecular complexity index is 959. The van der Waals surface area contributed by atoms with Crippen LogP contribution in [0, 0.1) is 0 Å². The maximum absolute atomic E-state index is 12.3. The summed E-state index contributed by atoms with van der Waals surface area (Å²) in [7, 11) is 4.75. The summed E-state index contributed by atoms with van der Waals surface area (Å²) < 4.78 is 15.8. The highest BCUT2D eigenvalue weighted by molar-refractivity contribution is 6.30. The molecule has 1 N–H and O–H groups in total. The SMILES string of the molecule is COc1ccc(-c2noc(CN(C)C(=O)Nc3ccc(Cl)cc3)n2)cc1OC. The van der Waals surface area contributed by atoms with E-state index in [1.807, 2.05) is 0 Å². The van der Waals surface area contributed by atoms with Gasteiger partial charge in [0, 0.05) is 23.3 Å². The molecule has 0 aliphatic carbocycles. The summed E-state index contributed by atoms with van der Waals surface area (Å²) >= 11 is 5.84. The second kappa shape index (κ2) is 8.62. The molecule has 0 unspecified atom stereocenters. The molecule has 0 saturated heterocycles. The molecule has 0 atom stereocenters. The minimum absolute atomic E-state index is 0.152. The van der Waals surface area contributed by atoms with Gasteiger partial charge in [-0.05, 0) is 42.5 Å².